The van der Waals surface area contributed by atoms with Crippen molar-refractivity contribution in [1.29, 1.82) is 5.26 Å². The number of hydrogen-bond acceptors (Lipinski definition) is 6. The Kier molecular flexibility index (Phi) is 4.19. The summed E-state index contributed by atoms with van der Waals surface area (Å²) in [6.45, 7) is 0. The zero-order valence-electron chi connectivity index (χ0n) is 12.8. The molecule has 0 saturated heterocycles. The summed E-state index contributed by atoms with van der Waals surface area (Å²) >= 11 is 0. The van der Waals surface area contributed by atoms with Gasteiger partial charge in [0.15, 0.2) is 0 Å². The number of rotatable bonds is 3. The Morgan fingerprint density at radius 1 is 1.00 bits per heavy atom. The van der Waals surface area contributed by atoms with Gasteiger partial charge in [-0.2, -0.15) is 18.8 Å². The number of benzene rings is 3. The van der Waals surface area contributed by atoms with Gasteiger partial charge >= 0.3 is 0 Å². The lowest BCUT2D eigenvalue weighted by atomic mass is 10.1. The quantitative estimate of drug-likeness (QED) is 0.419. The second kappa shape index (κ2) is 6.32. The molecule has 0 aromatic heterocycles. The lowest BCUT2D eigenvalue weighted by molar-refractivity contribution is 0.484. The Morgan fingerprint density at radius 3 is 2.24 bits per heavy atom. The highest BCUT2D eigenvalue weighted by atomic mass is 32.2. The molecule has 8 heteroatoms. The standard InChI is InChI=1S/C17H12N4O3S/c18-10-11-5-7-12(8-6-11)20-21-15-9-16(25(22,23)24)13-3-1-2-4-14(13)17(15)19/h1-9H,19H2,(H,22,23,24)/b21-20+. The molecule has 0 saturated carbocycles. The van der Waals surface area contributed by atoms with E-state index in [1.54, 1.807) is 48.5 Å². The predicted octanol–water partition coefficient (Wildman–Crippen LogP) is 3.96. The van der Waals surface area contributed by atoms with Crippen LogP contribution in [0.2, 0.25) is 0 Å². The van der Waals surface area contributed by atoms with Crippen molar-refractivity contribution in [2.45, 2.75) is 4.90 Å². The fourth-order valence-corrected chi connectivity index (χ4v) is 3.08. The van der Waals surface area contributed by atoms with E-state index in [0.717, 1.165) is 0 Å². The van der Waals surface area contributed by atoms with Crippen molar-refractivity contribution in [2.75, 3.05) is 5.73 Å². The average Bonchev–Trinajstić information content (AvgIpc) is 2.61. The van der Waals surface area contributed by atoms with Gasteiger partial charge in [-0.25, -0.2) is 0 Å². The molecule has 3 rings (SSSR count). The van der Waals surface area contributed by atoms with E-state index < -0.39 is 10.1 Å². The van der Waals surface area contributed by atoms with Crippen LogP contribution in [0.1, 0.15) is 5.56 Å². The number of nitrogens with two attached hydrogens (primary N) is 1. The lowest BCUT2D eigenvalue weighted by Gasteiger charge is -2.09. The maximum Gasteiger partial charge on any atom is 0.295 e. The van der Waals surface area contributed by atoms with Crippen molar-refractivity contribution < 1.29 is 13.0 Å². The highest BCUT2D eigenvalue weighted by Gasteiger charge is 2.18. The molecule has 0 atom stereocenters. The first-order valence-electron chi connectivity index (χ1n) is 7.11. The molecule has 25 heavy (non-hydrogen) atoms. The highest BCUT2D eigenvalue weighted by molar-refractivity contribution is 7.86. The van der Waals surface area contributed by atoms with Crippen LogP contribution >= 0.6 is 0 Å². The third kappa shape index (κ3) is 3.33. The van der Waals surface area contributed by atoms with Crippen molar-refractivity contribution in [3.05, 3.63) is 60.2 Å². The molecule has 0 radical (unpaired) electrons. The van der Waals surface area contributed by atoms with Crippen LogP contribution < -0.4 is 5.73 Å². The van der Waals surface area contributed by atoms with E-state index in [0.29, 0.717) is 22.0 Å². The zero-order chi connectivity index (χ0) is 18.0. The zero-order valence-corrected chi connectivity index (χ0v) is 13.6. The minimum atomic E-state index is -4.45. The molecule has 124 valence electrons. The van der Waals surface area contributed by atoms with Gasteiger partial charge in [-0.05, 0) is 30.3 Å². The summed E-state index contributed by atoms with van der Waals surface area (Å²) in [5, 5.41) is 17.5. The van der Waals surface area contributed by atoms with Crippen LogP contribution in [0.25, 0.3) is 10.8 Å². The molecule has 7 nitrogen and oxygen atoms in total. The molecule has 0 spiro atoms. The Labute approximate surface area is 143 Å². The van der Waals surface area contributed by atoms with Crippen molar-refractivity contribution in [3.63, 3.8) is 0 Å². The van der Waals surface area contributed by atoms with Crippen LogP contribution in [0.4, 0.5) is 17.1 Å². The first kappa shape index (κ1) is 16.6. The molecule has 3 aromatic carbocycles. The fraction of sp³-hybridized carbons (Fsp3) is 0. The number of nitrogen functional groups attached to an aromatic ring is 1. The number of nitrogens with zero attached hydrogens (tertiary/aromatic N) is 3. The Bertz CT molecular complexity index is 1130. The maximum atomic E-state index is 11.7. The molecule has 0 unspecified atom stereocenters. The first-order valence-corrected chi connectivity index (χ1v) is 8.55. The molecular weight excluding hydrogens is 340 g/mol. The van der Waals surface area contributed by atoms with Crippen LogP contribution in [-0.4, -0.2) is 13.0 Å². The van der Waals surface area contributed by atoms with Crippen LogP contribution in [0, 0.1) is 11.3 Å². The average molecular weight is 352 g/mol. The molecule has 0 fully saturated rings. The molecule has 0 heterocycles. The third-order valence-corrected chi connectivity index (χ3v) is 4.47. The summed E-state index contributed by atoms with van der Waals surface area (Å²) in [7, 11) is -4.45. The summed E-state index contributed by atoms with van der Waals surface area (Å²) in [5.41, 5.74) is 7.40. The molecule has 0 aliphatic heterocycles. The van der Waals surface area contributed by atoms with Gasteiger partial charge in [0.2, 0.25) is 0 Å². The summed E-state index contributed by atoms with van der Waals surface area (Å²) in [5.74, 6) is 0. The number of anilines is 1. The Hall–Kier alpha value is -3.28. The topological polar surface area (TPSA) is 129 Å². The highest BCUT2D eigenvalue weighted by Crippen LogP contribution is 2.36. The van der Waals surface area contributed by atoms with E-state index >= 15 is 0 Å². The number of nitriles is 1. The molecule has 0 bridgehead atoms. The van der Waals surface area contributed by atoms with Crippen LogP contribution in [0.3, 0.4) is 0 Å². The summed E-state index contributed by atoms with van der Waals surface area (Å²) < 4.78 is 32.8. The van der Waals surface area contributed by atoms with Gasteiger partial charge in [0.1, 0.15) is 10.6 Å². The molecular formula is C17H12N4O3S. The van der Waals surface area contributed by atoms with Crippen molar-refractivity contribution in [1.82, 2.24) is 0 Å². The van der Waals surface area contributed by atoms with Gasteiger partial charge in [-0.3, -0.25) is 4.55 Å². The number of fused-ring (bicyclic) bond motifs is 1. The summed E-state index contributed by atoms with van der Waals surface area (Å²) in [4.78, 5) is -0.286. The molecule has 0 aliphatic carbocycles. The second-order valence-electron chi connectivity index (χ2n) is 5.19. The van der Waals surface area contributed by atoms with E-state index in [4.69, 9.17) is 11.0 Å². The molecule has 3 N–H and O–H groups in total. The van der Waals surface area contributed by atoms with Crippen LogP contribution in [0.15, 0.2) is 69.7 Å². The smallest absolute Gasteiger partial charge is 0.295 e. The Balaban J connectivity index is 2.14. The number of azo groups is 1. The summed E-state index contributed by atoms with van der Waals surface area (Å²) in [6.07, 6.45) is 0. The van der Waals surface area contributed by atoms with Crippen molar-refractivity contribution >= 4 is 38.0 Å². The second-order valence-corrected chi connectivity index (χ2v) is 6.58. The predicted molar refractivity (Wildman–Crippen MR) is 93.5 cm³/mol. The SMILES string of the molecule is N#Cc1ccc(/N=N/c2cc(S(=O)(=O)O)c3ccccc3c2N)cc1. The van der Waals surface area contributed by atoms with Gasteiger partial charge in [-0.15, -0.1) is 5.11 Å². The van der Waals surface area contributed by atoms with E-state index in [2.05, 4.69) is 10.2 Å². The van der Waals surface area contributed by atoms with Gasteiger partial charge in [0.05, 0.1) is 23.0 Å². The van der Waals surface area contributed by atoms with Gasteiger partial charge < -0.3 is 5.73 Å². The summed E-state index contributed by atoms with van der Waals surface area (Å²) in [6, 6.07) is 16.1. The molecule has 0 amide bonds. The van der Waals surface area contributed by atoms with Gasteiger partial charge in [0, 0.05) is 10.8 Å². The van der Waals surface area contributed by atoms with E-state index in [-0.39, 0.29) is 16.3 Å². The molecule has 3 aromatic rings. The van der Waals surface area contributed by atoms with Crippen LogP contribution in [0.5, 0.6) is 0 Å². The maximum absolute atomic E-state index is 11.7. The molecule has 0 aliphatic rings. The van der Waals surface area contributed by atoms with Gasteiger partial charge in [-0.1, -0.05) is 24.3 Å². The van der Waals surface area contributed by atoms with Crippen molar-refractivity contribution in [2.24, 2.45) is 10.2 Å². The van der Waals surface area contributed by atoms with Crippen LogP contribution in [-0.2, 0) is 10.1 Å². The largest absolute Gasteiger partial charge is 0.396 e. The van der Waals surface area contributed by atoms with E-state index in [1.807, 2.05) is 6.07 Å². The third-order valence-electron chi connectivity index (χ3n) is 3.57. The van der Waals surface area contributed by atoms with E-state index in [1.165, 1.54) is 6.07 Å². The van der Waals surface area contributed by atoms with Gasteiger partial charge in [0.25, 0.3) is 10.1 Å². The lowest BCUT2D eigenvalue weighted by Crippen LogP contribution is -2.01. The number of hydrogen-bond donors (Lipinski definition) is 2. The normalized spacial score (nSPS) is 11.7. The van der Waals surface area contributed by atoms with Crippen molar-refractivity contribution in [3.8, 4) is 6.07 Å². The minimum Gasteiger partial charge on any atom is -0.396 e. The first-order chi connectivity index (χ1) is 11.9. The fourth-order valence-electron chi connectivity index (χ4n) is 2.36. The Morgan fingerprint density at radius 2 is 1.64 bits per heavy atom. The minimum absolute atomic E-state index is 0.121. The van der Waals surface area contributed by atoms with E-state index in [9.17, 15) is 13.0 Å². The monoisotopic (exact) mass is 352 g/mol.